The lowest BCUT2D eigenvalue weighted by atomic mass is 10.1. The van der Waals surface area contributed by atoms with Gasteiger partial charge in [0, 0.05) is 16.8 Å². The predicted octanol–water partition coefficient (Wildman–Crippen LogP) is 3.04. The highest BCUT2D eigenvalue weighted by molar-refractivity contribution is 5.63. The molecular weight excluding hydrogens is 246 g/mol. The second-order valence-electron chi connectivity index (χ2n) is 5.17. The number of aromatic amines is 1. The minimum absolute atomic E-state index is 0.374. The van der Waals surface area contributed by atoms with Gasteiger partial charge < -0.3 is 10.3 Å². The van der Waals surface area contributed by atoms with Crippen LogP contribution >= 0.6 is 0 Å². The van der Waals surface area contributed by atoms with Crippen molar-refractivity contribution >= 4 is 0 Å². The number of terminal acetylenes is 1. The third-order valence-corrected chi connectivity index (χ3v) is 3.87. The third kappa shape index (κ3) is 2.35. The van der Waals surface area contributed by atoms with E-state index >= 15 is 0 Å². The van der Waals surface area contributed by atoms with Gasteiger partial charge in [-0.25, -0.2) is 4.98 Å². The molecule has 20 heavy (non-hydrogen) atoms. The van der Waals surface area contributed by atoms with Crippen molar-refractivity contribution in [3.8, 4) is 23.6 Å². The summed E-state index contributed by atoms with van der Waals surface area (Å²) in [4.78, 5) is 8.31. The Balaban J connectivity index is 1.96. The first kappa shape index (κ1) is 13.0. The molecule has 1 aliphatic rings. The molecule has 0 aliphatic carbocycles. The number of aromatic nitrogens is 2. The normalized spacial score (nSPS) is 18.1. The minimum Gasteiger partial charge on any atom is -0.344 e. The SMILES string of the molecule is C#Cc1ccc(-c2nc([C@@H]3CCCN3)[nH]c2CC)cc1. The van der Waals surface area contributed by atoms with E-state index in [4.69, 9.17) is 11.4 Å². The molecule has 1 atom stereocenters. The molecule has 0 unspecified atom stereocenters. The summed E-state index contributed by atoms with van der Waals surface area (Å²) in [5, 5.41) is 3.49. The Hall–Kier alpha value is -2.05. The number of H-pyrrole nitrogens is 1. The van der Waals surface area contributed by atoms with Crippen molar-refractivity contribution in [3.63, 3.8) is 0 Å². The summed E-state index contributed by atoms with van der Waals surface area (Å²) in [7, 11) is 0. The van der Waals surface area contributed by atoms with Crippen LogP contribution in [0.2, 0.25) is 0 Å². The van der Waals surface area contributed by atoms with Crippen molar-refractivity contribution in [2.75, 3.05) is 6.54 Å². The van der Waals surface area contributed by atoms with Gasteiger partial charge in [0.2, 0.25) is 0 Å². The number of benzene rings is 1. The highest BCUT2D eigenvalue weighted by atomic mass is 15.0. The Bertz CT molecular complexity index is 625. The Kier molecular flexibility index (Phi) is 3.58. The molecule has 1 fully saturated rings. The predicted molar refractivity (Wildman–Crippen MR) is 81.3 cm³/mol. The quantitative estimate of drug-likeness (QED) is 0.837. The smallest absolute Gasteiger partial charge is 0.124 e. The lowest BCUT2D eigenvalue weighted by Crippen LogP contribution is -2.14. The molecule has 0 bridgehead atoms. The van der Waals surface area contributed by atoms with Gasteiger partial charge in [0.05, 0.1) is 11.7 Å². The van der Waals surface area contributed by atoms with E-state index in [9.17, 15) is 0 Å². The van der Waals surface area contributed by atoms with Crippen molar-refractivity contribution in [3.05, 3.63) is 41.3 Å². The van der Waals surface area contributed by atoms with E-state index < -0.39 is 0 Å². The third-order valence-electron chi connectivity index (χ3n) is 3.87. The van der Waals surface area contributed by atoms with E-state index in [-0.39, 0.29) is 0 Å². The Morgan fingerprint density at radius 3 is 2.75 bits per heavy atom. The lowest BCUT2D eigenvalue weighted by molar-refractivity contribution is 0.611. The van der Waals surface area contributed by atoms with E-state index in [2.05, 4.69) is 35.3 Å². The van der Waals surface area contributed by atoms with Gasteiger partial charge >= 0.3 is 0 Å². The zero-order valence-electron chi connectivity index (χ0n) is 11.7. The first-order chi connectivity index (χ1) is 9.81. The first-order valence-electron chi connectivity index (χ1n) is 7.21. The van der Waals surface area contributed by atoms with Gasteiger partial charge in [0.1, 0.15) is 5.82 Å². The number of hydrogen-bond acceptors (Lipinski definition) is 2. The van der Waals surface area contributed by atoms with Gasteiger partial charge in [-0.2, -0.15) is 0 Å². The highest BCUT2D eigenvalue weighted by Gasteiger charge is 2.21. The zero-order valence-corrected chi connectivity index (χ0v) is 11.7. The van der Waals surface area contributed by atoms with Crippen LogP contribution in [0.5, 0.6) is 0 Å². The topological polar surface area (TPSA) is 40.7 Å². The summed E-state index contributed by atoms with van der Waals surface area (Å²) < 4.78 is 0. The number of rotatable bonds is 3. The van der Waals surface area contributed by atoms with Crippen LogP contribution in [-0.4, -0.2) is 16.5 Å². The number of nitrogens with one attached hydrogen (secondary N) is 2. The average Bonchev–Trinajstić information content (AvgIpc) is 3.16. The second kappa shape index (κ2) is 5.52. The van der Waals surface area contributed by atoms with E-state index in [0.29, 0.717) is 6.04 Å². The molecule has 102 valence electrons. The van der Waals surface area contributed by atoms with Crippen molar-refractivity contribution < 1.29 is 0 Å². The largest absolute Gasteiger partial charge is 0.344 e. The van der Waals surface area contributed by atoms with Crippen LogP contribution in [-0.2, 0) is 6.42 Å². The summed E-state index contributed by atoms with van der Waals surface area (Å²) in [6, 6.07) is 8.42. The Morgan fingerprint density at radius 2 is 2.15 bits per heavy atom. The van der Waals surface area contributed by atoms with Gasteiger partial charge in [0.25, 0.3) is 0 Å². The van der Waals surface area contributed by atoms with Crippen LogP contribution in [0.25, 0.3) is 11.3 Å². The van der Waals surface area contributed by atoms with E-state index in [1.54, 1.807) is 0 Å². The fourth-order valence-electron chi connectivity index (χ4n) is 2.73. The molecule has 1 aromatic heterocycles. The maximum Gasteiger partial charge on any atom is 0.124 e. The molecule has 1 aromatic carbocycles. The molecule has 0 spiro atoms. The number of hydrogen-bond donors (Lipinski definition) is 2. The van der Waals surface area contributed by atoms with Gasteiger partial charge in [-0.15, -0.1) is 6.42 Å². The van der Waals surface area contributed by atoms with Gasteiger partial charge in [-0.05, 0) is 37.9 Å². The van der Waals surface area contributed by atoms with Gasteiger partial charge in [0.15, 0.2) is 0 Å². The monoisotopic (exact) mass is 265 g/mol. The summed E-state index contributed by atoms with van der Waals surface area (Å²) in [5.41, 5.74) is 4.28. The summed E-state index contributed by atoms with van der Waals surface area (Å²) in [6.45, 7) is 3.23. The van der Waals surface area contributed by atoms with Crippen molar-refractivity contribution in [1.29, 1.82) is 0 Å². The van der Waals surface area contributed by atoms with E-state index in [0.717, 1.165) is 42.0 Å². The molecular formula is C17H19N3. The van der Waals surface area contributed by atoms with Gasteiger partial charge in [-0.3, -0.25) is 0 Å². The molecule has 0 radical (unpaired) electrons. The van der Waals surface area contributed by atoms with Crippen LogP contribution in [0, 0.1) is 12.3 Å². The molecule has 2 heterocycles. The minimum atomic E-state index is 0.374. The van der Waals surface area contributed by atoms with Crippen LogP contribution in [0.1, 0.15) is 42.9 Å². The van der Waals surface area contributed by atoms with Crippen LogP contribution in [0.4, 0.5) is 0 Å². The summed E-state index contributed by atoms with van der Waals surface area (Å²) in [5.74, 6) is 3.71. The van der Waals surface area contributed by atoms with Crippen molar-refractivity contribution in [2.24, 2.45) is 0 Å². The molecule has 3 nitrogen and oxygen atoms in total. The van der Waals surface area contributed by atoms with Crippen LogP contribution in [0.3, 0.4) is 0 Å². The molecule has 2 N–H and O–H groups in total. The molecule has 3 rings (SSSR count). The number of nitrogens with zero attached hydrogens (tertiary/aromatic N) is 1. The van der Waals surface area contributed by atoms with E-state index in [1.807, 2.05) is 12.1 Å². The molecule has 0 saturated carbocycles. The number of aryl methyl sites for hydroxylation is 1. The fourth-order valence-corrected chi connectivity index (χ4v) is 2.73. The number of imidazole rings is 1. The lowest BCUT2D eigenvalue weighted by Gasteiger charge is -2.04. The van der Waals surface area contributed by atoms with Crippen LogP contribution in [0.15, 0.2) is 24.3 Å². The maximum atomic E-state index is 5.40. The molecule has 1 saturated heterocycles. The standard InChI is InChI=1S/C17H19N3/c1-3-12-7-9-13(10-8-12)16-14(4-2)19-17(20-16)15-6-5-11-18-15/h1,7-10,15,18H,4-6,11H2,2H3,(H,19,20)/t15-/m0/s1. The van der Waals surface area contributed by atoms with E-state index in [1.165, 1.54) is 12.1 Å². The first-order valence-corrected chi connectivity index (χ1v) is 7.21. The van der Waals surface area contributed by atoms with Gasteiger partial charge in [-0.1, -0.05) is 25.0 Å². The molecule has 3 heteroatoms. The van der Waals surface area contributed by atoms with Crippen molar-refractivity contribution in [1.82, 2.24) is 15.3 Å². The van der Waals surface area contributed by atoms with Crippen LogP contribution < -0.4 is 5.32 Å². The summed E-state index contributed by atoms with van der Waals surface area (Å²) >= 11 is 0. The zero-order chi connectivity index (χ0) is 13.9. The Labute approximate surface area is 119 Å². The maximum absolute atomic E-state index is 5.40. The fraction of sp³-hybridized carbons (Fsp3) is 0.353. The Morgan fingerprint density at radius 1 is 1.35 bits per heavy atom. The molecule has 1 aliphatic heterocycles. The van der Waals surface area contributed by atoms with Crippen molar-refractivity contribution in [2.45, 2.75) is 32.2 Å². The molecule has 0 amide bonds. The second-order valence-corrected chi connectivity index (χ2v) is 5.17. The highest BCUT2D eigenvalue weighted by Crippen LogP contribution is 2.27. The molecule has 2 aromatic rings. The summed E-state index contributed by atoms with van der Waals surface area (Å²) in [6.07, 6.45) is 8.73. The average molecular weight is 265 g/mol.